The lowest BCUT2D eigenvalue weighted by atomic mass is 10.2. The Bertz CT molecular complexity index is 943. The molecule has 2 heterocycles. The monoisotopic (exact) mass is 320 g/mol. The Hall–Kier alpha value is -3.35. The van der Waals surface area contributed by atoms with Gasteiger partial charge in [-0.2, -0.15) is 5.10 Å². The number of para-hydroxylation sites is 1. The van der Waals surface area contributed by atoms with Crippen molar-refractivity contribution < 1.29 is 4.74 Å². The van der Waals surface area contributed by atoms with E-state index in [1.165, 1.54) is 6.33 Å². The van der Waals surface area contributed by atoms with E-state index in [9.17, 15) is 0 Å². The Labute approximate surface area is 138 Å². The van der Waals surface area contributed by atoms with Crippen molar-refractivity contribution in [2.75, 3.05) is 12.4 Å². The highest BCUT2D eigenvalue weighted by Crippen LogP contribution is 2.24. The molecule has 2 aromatic heterocycles. The summed E-state index contributed by atoms with van der Waals surface area (Å²) in [6.45, 7) is 0.666. The number of hydrogen-bond donors (Lipinski definition) is 2. The second-order valence-corrected chi connectivity index (χ2v) is 5.30. The van der Waals surface area contributed by atoms with Gasteiger partial charge < -0.3 is 15.0 Å². The number of rotatable bonds is 5. The number of aromatic amines is 1. The van der Waals surface area contributed by atoms with Gasteiger partial charge in [0, 0.05) is 6.54 Å². The molecule has 0 fully saturated rings. The van der Waals surface area contributed by atoms with Gasteiger partial charge in [0.2, 0.25) is 5.95 Å². The van der Waals surface area contributed by atoms with Crippen molar-refractivity contribution in [1.82, 2.24) is 24.7 Å². The van der Waals surface area contributed by atoms with E-state index in [4.69, 9.17) is 4.74 Å². The first kappa shape index (κ1) is 14.3. The number of aromatic nitrogens is 5. The predicted octanol–water partition coefficient (Wildman–Crippen LogP) is 2.76. The Morgan fingerprint density at radius 3 is 2.79 bits per heavy atom. The number of anilines is 1. The smallest absolute Gasteiger partial charge is 0.201 e. The lowest BCUT2D eigenvalue weighted by Crippen LogP contribution is -2.01. The molecule has 0 bridgehead atoms. The van der Waals surface area contributed by atoms with Crippen LogP contribution >= 0.6 is 0 Å². The van der Waals surface area contributed by atoms with Gasteiger partial charge in [-0.1, -0.05) is 18.2 Å². The lowest BCUT2D eigenvalue weighted by Gasteiger charge is -2.05. The summed E-state index contributed by atoms with van der Waals surface area (Å²) < 4.78 is 7.05. The van der Waals surface area contributed by atoms with E-state index in [1.54, 1.807) is 18.1 Å². The molecular formula is C17H16N6O. The molecule has 0 aliphatic heterocycles. The first-order valence-electron chi connectivity index (χ1n) is 7.54. The molecule has 120 valence electrons. The fraction of sp³-hybridized carbons (Fsp3) is 0.118. The maximum absolute atomic E-state index is 5.33. The van der Waals surface area contributed by atoms with Crippen LogP contribution in [0.25, 0.3) is 16.7 Å². The summed E-state index contributed by atoms with van der Waals surface area (Å²) in [7, 11) is 1.65. The number of nitrogens with one attached hydrogen (secondary N) is 2. The van der Waals surface area contributed by atoms with Crippen LogP contribution in [0.3, 0.4) is 0 Å². The molecule has 0 spiro atoms. The van der Waals surface area contributed by atoms with Crippen LogP contribution in [0, 0.1) is 0 Å². The second kappa shape index (κ2) is 6.04. The van der Waals surface area contributed by atoms with Crippen molar-refractivity contribution in [3.8, 4) is 11.4 Å². The lowest BCUT2D eigenvalue weighted by molar-refractivity contribution is 0.419. The van der Waals surface area contributed by atoms with E-state index >= 15 is 0 Å². The largest absolute Gasteiger partial charge is 0.494 e. The van der Waals surface area contributed by atoms with E-state index in [0.717, 1.165) is 34.0 Å². The quantitative estimate of drug-likeness (QED) is 0.591. The van der Waals surface area contributed by atoms with Gasteiger partial charge in [0.15, 0.2) is 0 Å². The summed E-state index contributed by atoms with van der Waals surface area (Å²) in [5.41, 5.74) is 3.89. The van der Waals surface area contributed by atoms with E-state index in [0.29, 0.717) is 6.54 Å². The van der Waals surface area contributed by atoms with Crippen LogP contribution in [0.5, 0.6) is 5.75 Å². The number of imidazole rings is 1. The molecule has 0 aliphatic carbocycles. The predicted molar refractivity (Wildman–Crippen MR) is 91.3 cm³/mol. The maximum atomic E-state index is 5.33. The minimum absolute atomic E-state index is 0.666. The molecule has 0 radical (unpaired) electrons. The summed E-state index contributed by atoms with van der Waals surface area (Å²) in [6.07, 6.45) is 3.19. The molecule has 0 saturated carbocycles. The Morgan fingerprint density at radius 2 is 2.04 bits per heavy atom. The zero-order chi connectivity index (χ0) is 16.4. The van der Waals surface area contributed by atoms with Gasteiger partial charge in [0.25, 0.3) is 0 Å². The van der Waals surface area contributed by atoms with E-state index < -0.39 is 0 Å². The number of benzene rings is 2. The van der Waals surface area contributed by atoms with Gasteiger partial charge in [-0.3, -0.25) is 0 Å². The summed E-state index contributed by atoms with van der Waals surface area (Å²) in [6, 6.07) is 13.9. The zero-order valence-corrected chi connectivity index (χ0v) is 13.1. The van der Waals surface area contributed by atoms with Gasteiger partial charge in [-0.05, 0) is 29.8 Å². The fourth-order valence-electron chi connectivity index (χ4n) is 2.55. The second-order valence-electron chi connectivity index (χ2n) is 5.30. The van der Waals surface area contributed by atoms with Crippen LogP contribution in [0.2, 0.25) is 0 Å². The van der Waals surface area contributed by atoms with Gasteiger partial charge in [0.1, 0.15) is 23.9 Å². The Kier molecular flexibility index (Phi) is 3.59. The summed E-state index contributed by atoms with van der Waals surface area (Å²) in [4.78, 5) is 11.7. The molecule has 0 saturated heterocycles. The van der Waals surface area contributed by atoms with E-state index in [2.05, 4.69) is 25.4 Å². The summed E-state index contributed by atoms with van der Waals surface area (Å²) in [5.74, 6) is 1.48. The highest BCUT2D eigenvalue weighted by molar-refractivity contribution is 5.83. The summed E-state index contributed by atoms with van der Waals surface area (Å²) in [5, 5.41) is 7.41. The molecule has 0 amide bonds. The van der Waals surface area contributed by atoms with Crippen LogP contribution in [0.15, 0.2) is 55.1 Å². The molecule has 4 aromatic rings. The molecule has 4 rings (SSSR count). The Morgan fingerprint density at radius 1 is 1.17 bits per heavy atom. The average molecular weight is 320 g/mol. The van der Waals surface area contributed by atoms with Crippen molar-refractivity contribution in [2.45, 2.75) is 6.54 Å². The Balaban J connectivity index is 1.48. The van der Waals surface area contributed by atoms with Gasteiger partial charge in [0.05, 0.1) is 18.3 Å². The van der Waals surface area contributed by atoms with Crippen molar-refractivity contribution in [1.29, 1.82) is 0 Å². The van der Waals surface area contributed by atoms with Crippen LogP contribution < -0.4 is 10.1 Å². The normalized spacial score (nSPS) is 10.9. The number of nitrogens with zero attached hydrogens (tertiary/aromatic N) is 4. The van der Waals surface area contributed by atoms with Crippen molar-refractivity contribution in [3.63, 3.8) is 0 Å². The highest BCUT2D eigenvalue weighted by Gasteiger charge is 2.07. The molecule has 0 unspecified atom stereocenters. The molecule has 0 atom stereocenters. The molecule has 2 N–H and O–H groups in total. The molecule has 7 nitrogen and oxygen atoms in total. The third kappa shape index (κ3) is 2.67. The number of ether oxygens (including phenoxy) is 1. The molecular weight excluding hydrogens is 304 g/mol. The van der Waals surface area contributed by atoms with E-state index in [-0.39, 0.29) is 0 Å². The van der Waals surface area contributed by atoms with Crippen LogP contribution in [-0.4, -0.2) is 31.8 Å². The van der Waals surface area contributed by atoms with E-state index in [1.807, 2.05) is 42.5 Å². The van der Waals surface area contributed by atoms with Crippen molar-refractivity contribution in [3.05, 3.63) is 60.7 Å². The van der Waals surface area contributed by atoms with Gasteiger partial charge in [-0.25, -0.2) is 14.6 Å². The van der Waals surface area contributed by atoms with Gasteiger partial charge >= 0.3 is 0 Å². The minimum atomic E-state index is 0.666. The highest BCUT2D eigenvalue weighted by atomic mass is 16.5. The third-order valence-corrected chi connectivity index (χ3v) is 3.78. The molecule has 24 heavy (non-hydrogen) atoms. The fourth-order valence-corrected chi connectivity index (χ4v) is 2.55. The molecule has 0 aliphatic rings. The first-order chi connectivity index (χ1) is 11.8. The van der Waals surface area contributed by atoms with Crippen LogP contribution in [0.4, 0.5) is 5.95 Å². The zero-order valence-electron chi connectivity index (χ0n) is 13.1. The number of fused-ring (bicyclic) bond motifs is 1. The topological polar surface area (TPSA) is 80.6 Å². The minimum Gasteiger partial charge on any atom is -0.494 e. The standard InChI is InChI=1S/C17H16N6O/c1-24-15-4-2-3-14-16(15)22-17(21-14)19-9-12-5-7-13(8-6-12)23-11-18-10-20-23/h2-8,10-11H,9H2,1H3,(H2,19,21,22). The molecule has 2 aromatic carbocycles. The number of H-pyrrole nitrogens is 1. The molecule has 7 heteroatoms. The van der Waals surface area contributed by atoms with Crippen molar-refractivity contribution in [2.24, 2.45) is 0 Å². The first-order valence-corrected chi connectivity index (χ1v) is 7.54. The van der Waals surface area contributed by atoms with Crippen molar-refractivity contribution >= 4 is 17.0 Å². The number of methoxy groups -OCH3 is 1. The van der Waals surface area contributed by atoms with Gasteiger partial charge in [-0.15, -0.1) is 0 Å². The third-order valence-electron chi connectivity index (χ3n) is 3.78. The maximum Gasteiger partial charge on any atom is 0.201 e. The number of hydrogen-bond acceptors (Lipinski definition) is 5. The van der Waals surface area contributed by atoms with Crippen LogP contribution in [0.1, 0.15) is 5.56 Å². The van der Waals surface area contributed by atoms with Crippen LogP contribution in [-0.2, 0) is 6.54 Å². The SMILES string of the molecule is COc1cccc2[nH]c(NCc3ccc(-n4cncn4)cc3)nc12. The summed E-state index contributed by atoms with van der Waals surface area (Å²) >= 11 is 0. The average Bonchev–Trinajstić information content (AvgIpc) is 3.29.